The highest BCUT2D eigenvalue weighted by molar-refractivity contribution is 5.78. The summed E-state index contributed by atoms with van der Waals surface area (Å²) in [6.07, 6.45) is 11.1. The van der Waals surface area contributed by atoms with E-state index in [9.17, 15) is 9.90 Å². The van der Waals surface area contributed by atoms with Gasteiger partial charge in [0.25, 0.3) is 0 Å². The number of fused-ring (bicyclic) bond motifs is 7. The van der Waals surface area contributed by atoms with Crippen LogP contribution < -0.4 is 0 Å². The SMILES string of the molecule is C=C(C)[C@@H]1CC[C@]2(C(=O)OC)CC[C@]3(C)[C@H](CC[C@@H]4[C@@]5(C)CC[C@@H](O)C(C)(C)[C@@H]5CC[C@]43C)[C@@H]12. The topological polar surface area (TPSA) is 46.5 Å². The van der Waals surface area contributed by atoms with E-state index in [0.717, 1.165) is 38.5 Å². The lowest BCUT2D eigenvalue weighted by Crippen LogP contribution is -2.67. The number of hydrogen-bond donors (Lipinski definition) is 1. The molecule has 0 spiro atoms. The highest BCUT2D eigenvalue weighted by Crippen LogP contribution is 2.77. The van der Waals surface area contributed by atoms with Crippen LogP contribution in [0.3, 0.4) is 0 Å². The molecule has 5 rings (SSSR count). The van der Waals surface area contributed by atoms with Gasteiger partial charge in [0, 0.05) is 0 Å². The Kier molecular flexibility index (Phi) is 5.55. The summed E-state index contributed by atoms with van der Waals surface area (Å²) in [5.74, 6) is 2.72. The fraction of sp³-hybridized carbons (Fsp3) is 0.903. The molecular weight excluding hydrogens is 420 g/mol. The number of aliphatic hydroxyl groups is 1. The van der Waals surface area contributed by atoms with Crippen molar-refractivity contribution in [3.8, 4) is 0 Å². The number of carbonyl (C=O) groups is 1. The van der Waals surface area contributed by atoms with Crippen molar-refractivity contribution in [1.82, 2.24) is 0 Å². The third-order valence-corrected chi connectivity index (χ3v) is 13.6. The predicted octanol–water partition coefficient (Wildman–Crippen LogP) is 7.18. The third kappa shape index (κ3) is 2.83. The lowest BCUT2D eigenvalue weighted by atomic mass is 9.32. The van der Waals surface area contributed by atoms with E-state index in [1.54, 1.807) is 7.11 Å². The van der Waals surface area contributed by atoms with Crippen LogP contribution in [0, 0.1) is 56.7 Å². The number of hydrogen-bond acceptors (Lipinski definition) is 3. The average molecular weight is 471 g/mol. The Labute approximate surface area is 208 Å². The van der Waals surface area contributed by atoms with E-state index in [1.807, 2.05) is 0 Å². The van der Waals surface area contributed by atoms with E-state index in [0.29, 0.717) is 35.0 Å². The van der Waals surface area contributed by atoms with Crippen molar-refractivity contribution in [1.29, 1.82) is 0 Å². The van der Waals surface area contributed by atoms with E-state index >= 15 is 0 Å². The van der Waals surface area contributed by atoms with E-state index in [4.69, 9.17) is 4.74 Å². The summed E-state index contributed by atoms with van der Waals surface area (Å²) >= 11 is 0. The molecule has 5 aliphatic carbocycles. The van der Waals surface area contributed by atoms with Crippen molar-refractivity contribution in [3.05, 3.63) is 12.2 Å². The molecule has 0 radical (unpaired) electrons. The molecule has 3 nitrogen and oxygen atoms in total. The normalized spacial score (nSPS) is 53.6. The first kappa shape index (κ1) is 24.8. The van der Waals surface area contributed by atoms with Gasteiger partial charge in [-0.25, -0.2) is 0 Å². The zero-order chi connectivity index (χ0) is 24.9. The van der Waals surface area contributed by atoms with Crippen molar-refractivity contribution >= 4 is 5.97 Å². The summed E-state index contributed by atoms with van der Waals surface area (Å²) in [4.78, 5) is 13.3. The molecule has 5 fully saturated rings. The third-order valence-electron chi connectivity index (χ3n) is 13.6. The maximum atomic E-state index is 13.3. The number of carbonyl (C=O) groups excluding carboxylic acids is 1. The Morgan fingerprint density at radius 3 is 2.21 bits per heavy atom. The second-order valence-corrected chi connectivity index (χ2v) is 14.7. The van der Waals surface area contributed by atoms with E-state index < -0.39 is 0 Å². The van der Waals surface area contributed by atoms with Gasteiger partial charge in [0.05, 0.1) is 18.6 Å². The molecular formula is C31H50O3. The van der Waals surface area contributed by atoms with E-state index in [1.165, 1.54) is 31.3 Å². The fourth-order valence-corrected chi connectivity index (χ4v) is 11.7. The van der Waals surface area contributed by atoms with Gasteiger partial charge < -0.3 is 9.84 Å². The van der Waals surface area contributed by atoms with Gasteiger partial charge in [-0.15, -0.1) is 0 Å². The van der Waals surface area contributed by atoms with E-state index in [-0.39, 0.29) is 33.7 Å². The first-order valence-electron chi connectivity index (χ1n) is 14.2. The fourth-order valence-electron chi connectivity index (χ4n) is 11.7. The Bertz CT molecular complexity index is 876. The molecule has 5 aliphatic rings. The maximum Gasteiger partial charge on any atom is 0.312 e. The Morgan fingerprint density at radius 1 is 0.853 bits per heavy atom. The van der Waals surface area contributed by atoms with Crippen LogP contribution in [-0.4, -0.2) is 24.3 Å². The Morgan fingerprint density at radius 2 is 1.56 bits per heavy atom. The minimum Gasteiger partial charge on any atom is -0.469 e. The molecule has 0 aromatic heterocycles. The van der Waals surface area contributed by atoms with Gasteiger partial charge >= 0.3 is 5.97 Å². The van der Waals surface area contributed by atoms with Gasteiger partial charge in [-0.05, 0) is 122 Å². The zero-order valence-corrected chi connectivity index (χ0v) is 23.0. The second kappa shape index (κ2) is 7.59. The average Bonchev–Trinajstić information content (AvgIpc) is 3.18. The molecule has 34 heavy (non-hydrogen) atoms. The van der Waals surface area contributed by atoms with Gasteiger partial charge in [0.1, 0.15) is 0 Å². The first-order chi connectivity index (χ1) is 15.8. The molecule has 0 heterocycles. The van der Waals surface area contributed by atoms with Crippen LogP contribution in [0.25, 0.3) is 0 Å². The minimum absolute atomic E-state index is 0.00478. The van der Waals surface area contributed by atoms with Crippen LogP contribution in [0.5, 0.6) is 0 Å². The maximum absolute atomic E-state index is 13.3. The van der Waals surface area contributed by atoms with Crippen molar-refractivity contribution in [2.75, 3.05) is 7.11 Å². The van der Waals surface area contributed by atoms with Gasteiger partial charge in [-0.1, -0.05) is 46.8 Å². The lowest BCUT2D eigenvalue weighted by Gasteiger charge is -2.72. The number of aliphatic hydroxyl groups excluding tert-OH is 1. The van der Waals surface area contributed by atoms with Gasteiger partial charge in [0.15, 0.2) is 0 Å². The van der Waals surface area contributed by atoms with Gasteiger partial charge in [-0.2, -0.15) is 0 Å². The molecule has 192 valence electrons. The molecule has 0 aromatic carbocycles. The summed E-state index contributed by atoms with van der Waals surface area (Å²) in [5, 5.41) is 10.9. The molecule has 1 N–H and O–H groups in total. The number of methoxy groups -OCH3 is 1. The largest absolute Gasteiger partial charge is 0.469 e. The van der Waals surface area contributed by atoms with E-state index in [2.05, 4.69) is 48.1 Å². The molecule has 0 bridgehead atoms. The molecule has 0 aromatic rings. The lowest BCUT2D eigenvalue weighted by molar-refractivity contribution is -0.248. The highest BCUT2D eigenvalue weighted by atomic mass is 16.5. The molecule has 5 saturated carbocycles. The van der Waals surface area contributed by atoms with Crippen LogP contribution >= 0.6 is 0 Å². The van der Waals surface area contributed by atoms with Gasteiger partial charge in [-0.3, -0.25) is 4.79 Å². The quantitative estimate of drug-likeness (QED) is 0.343. The van der Waals surface area contributed by atoms with Crippen LogP contribution in [0.1, 0.15) is 106 Å². The molecule has 0 aliphatic heterocycles. The van der Waals surface area contributed by atoms with Crippen LogP contribution in [0.2, 0.25) is 0 Å². The van der Waals surface area contributed by atoms with Crippen LogP contribution in [0.4, 0.5) is 0 Å². The van der Waals surface area contributed by atoms with Crippen LogP contribution in [-0.2, 0) is 9.53 Å². The molecule has 3 heteroatoms. The second-order valence-electron chi connectivity index (χ2n) is 14.7. The van der Waals surface area contributed by atoms with Crippen LogP contribution in [0.15, 0.2) is 12.2 Å². The predicted molar refractivity (Wildman–Crippen MR) is 137 cm³/mol. The van der Waals surface area contributed by atoms with Crippen molar-refractivity contribution in [2.45, 2.75) is 112 Å². The first-order valence-corrected chi connectivity index (χ1v) is 14.2. The minimum atomic E-state index is -0.302. The summed E-state index contributed by atoms with van der Waals surface area (Å²) in [7, 11) is 1.59. The monoisotopic (exact) mass is 470 g/mol. The van der Waals surface area contributed by atoms with Crippen molar-refractivity contribution in [3.63, 3.8) is 0 Å². The summed E-state index contributed by atoms with van der Waals surface area (Å²) in [5.41, 5.74) is 1.78. The smallest absolute Gasteiger partial charge is 0.312 e. The summed E-state index contributed by atoms with van der Waals surface area (Å²) in [6, 6.07) is 0. The van der Waals surface area contributed by atoms with Crippen molar-refractivity contribution < 1.29 is 14.6 Å². The Balaban J connectivity index is 1.56. The number of rotatable bonds is 2. The number of ether oxygens (including phenoxy) is 1. The van der Waals surface area contributed by atoms with Crippen molar-refractivity contribution in [2.24, 2.45) is 56.7 Å². The summed E-state index contributed by atoms with van der Waals surface area (Å²) in [6.45, 7) is 19.1. The molecule has 0 amide bonds. The Hall–Kier alpha value is -0.830. The highest BCUT2D eigenvalue weighted by Gasteiger charge is 2.72. The molecule has 10 atom stereocenters. The summed E-state index contributed by atoms with van der Waals surface area (Å²) < 4.78 is 5.49. The molecule has 0 saturated heterocycles. The number of allylic oxidation sites excluding steroid dienone is 1. The molecule has 0 unspecified atom stereocenters. The number of esters is 1. The zero-order valence-electron chi connectivity index (χ0n) is 23.0. The standard InChI is InChI=1S/C31H50O3/c1-19(2)20-11-16-31(26(33)34-8)18-17-29(6)21(25(20)31)9-10-23-28(5)14-13-24(32)27(3,4)22(28)12-15-30(23,29)7/h20-25,32H,1,9-18H2,2-8H3/t20-,21+,22-,23+,24+,25+,28-,29+,30+,31-/m0/s1. The van der Waals surface area contributed by atoms with Gasteiger partial charge in [0.2, 0.25) is 0 Å².